The van der Waals surface area contributed by atoms with E-state index in [1.807, 2.05) is 44.2 Å². The number of hydrogen-bond donors (Lipinski definition) is 1. The van der Waals surface area contributed by atoms with Gasteiger partial charge in [0.1, 0.15) is 12.4 Å². The van der Waals surface area contributed by atoms with Gasteiger partial charge in [-0.2, -0.15) is 5.10 Å². The van der Waals surface area contributed by atoms with Gasteiger partial charge in [0, 0.05) is 36.8 Å². The maximum Gasteiger partial charge on any atom is 0.261 e. The van der Waals surface area contributed by atoms with Gasteiger partial charge in [-0.05, 0) is 36.1 Å². The number of ether oxygens (including phenoxy) is 1. The van der Waals surface area contributed by atoms with E-state index in [4.69, 9.17) is 4.74 Å². The van der Waals surface area contributed by atoms with E-state index < -0.39 is 18.8 Å². The Balaban J connectivity index is 0.00000135. The number of allylic oxidation sites excluding steroid dienone is 6. The average Bonchev–Trinajstić information content (AvgIpc) is 3.13. The molecule has 9 heteroatoms. The lowest BCUT2D eigenvalue weighted by Crippen LogP contribution is -2.53. The highest BCUT2D eigenvalue weighted by molar-refractivity contribution is 5.82. The Morgan fingerprint density at radius 1 is 1.26 bits per heavy atom. The molecule has 1 aromatic carbocycles. The third-order valence-electron chi connectivity index (χ3n) is 5.80. The molecule has 6 nitrogen and oxygen atoms in total. The van der Waals surface area contributed by atoms with E-state index in [9.17, 15) is 18.0 Å². The van der Waals surface area contributed by atoms with Crippen molar-refractivity contribution in [3.05, 3.63) is 83.5 Å². The van der Waals surface area contributed by atoms with Crippen LogP contribution in [-0.2, 0) is 22.7 Å². The van der Waals surface area contributed by atoms with E-state index in [2.05, 4.69) is 43.0 Å². The molecule has 2 aliphatic rings. The average molecular weight is 535 g/mol. The zero-order valence-corrected chi connectivity index (χ0v) is 22.9. The lowest BCUT2D eigenvalue weighted by atomic mass is 9.94. The monoisotopic (exact) mass is 534 g/mol. The van der Waals surface area contributed by atoms with E-state index >= 15 is 0 Å². The van der Waals surface area contributed by atoms with E-state index in [0.29, 0.717) is 35.8 Å². The molecule has 0 bridgehead atoms. The smallest absolute Gasteiger partial charge is 0.261 e. The molecule has 1 heterocycles. The zero-order valence-electron chi connectivity index (χ0n) is 22.9. The van der Waals surface area contributed by atoms with Crippen LogP contribution in [0.2, 0.25) is 0 Å². The number of likely N-dealkylation sites (tertiary alicyclic amines) is 1. The molecule has 1 aliphatic carbocycles. The van der Waals surface area contributed by atoms with Crippen molar-refractivity contribution >= 4 is 12.6 Å². The van der Waals surface area contributed by atoms with E-state index in [-0.39, 0.29) is 25.0 Å². The number of carbonyl (C=O) groups is 1. The molecule has 210 valence electrons. The second-order valence-electron chi connectivity index (χ2n) is 8.84. The number of rotatable bonds is 10. The highest BCUT2D eigenvalue weighted by Crippen LogP contribution is 2.28. The Morgan fingerprint density at radius 3 is 2.50 bits per heavy atom. The molecule has 0 aromatic heterocycles. The summed E-state index contributed by atoms with van der Waals surface area (Å²) in [5.74, 6) is 3.93. The Bertz CT molecular complexity index is 1000. The van der Waals surface area contributed by atoms with Crippen molar-refractivity contribution in [1.82, 2.24) is 9.80 Å². The zero-order chi connectivity index (χ0) is 28.7. The Labute approximate surface area is 225 Å². The summed E-state index contributed by atoms with van der Waals surface area (Å²) in [4.78, 5) is 17.2. The molecule has 3 rings (SSSR count). The molecule has 1 aliphatic heterocycles. The summed E-state index contributed by atoms with van der Waals surface area (Å²) < 4.78 is 44.2. The number of alkyl halides is 2. The molecule has 1 aromatic rings. The topological polar surface area (TPSA) is 71.2 Å². The second-order valence-corrected chi connectivity index (χ2v) is 8.84. The second kappa shape index (κ2) is 17.2. The fourth-order valence-electron chi connectivity index (χ4n) is 3.74. The predicted molar refractivity (Wildman–Crippen MR) is 148 cm³/mol. The summed E-state index contributed by atoms with van der Waals surface area (Å²) in [6.45, 7) is 15.6. The normalized spacial score (nSPS) is 14.4. The first kappa shape index (κ1) is 32.7. The van der Waals surface area contributed by atoms with Gasteiger partial charge in [0.15, 0.2) is 0 Å². The highest BCUT2D eigenvalue weighted by atomic mass is 19.3. The van der Waals surface area contributed by atoms with Crippen LogP contribution in [0, 0.1) is 17.7 Å². The van der Waals surface area contributed by atoms with Crippen molar-refractivity contribution in [3.8, 4) is 0 Å². The van der Waals surface area contributed by atoms with Crippen molar-refractivity contribution in [1.29, 1.82) is 0 Å². The van der Waals surface area contributed by atoms with Crippen LogP contribution in [0.15, 0.2) is 71.7 Å². The quantitative estimate of drug-likeness (QED) is 0.226. The Morgan fingerprint density at radius 2 is 1.92 bits per heavy atom. The van der Waals surface area contributed by atoms with Crippen molar-refractivity contribution in [3.63, 3.8) is 0 Å². The molecule has 1 fully saturated rings. The van der Waals surface area contributed by atoms with Crippen molar-refractivity contribution in [2.75, 3.05) is 19.7 Å². The molecule has 0 unspecified atom stereocenters. The molecule has 1 saturated heterocycles. The maximum atomic E-state index is 14.8. The van der Waals surface area contributed by atoms with Gasteiger partial charge in [0.05, 0.1) is 19.1 Å². The minimum absolute atomic E-state index is 0.0576. The van der Waals surface area contributed by atoms with Crippen LogP contribution in [-0.4, -0.2) is 48.5 Å². The van der Waals surface area contributed by atoms with Crippen LogP contribution < -0.4 is 5.84 Å². The molecule has 0 atom stereocenters. The molecule has 1 amide bonds. The third kappa shape index (κ3) is 10.2. The molecule has 0 radical (unpaired) electrons. The minimum Gasteiger partial charge on any atom is -0.373 e. The summed E-state index contributed by atoms with van der Waals surface area (Å²) in [5, 5.41) is 2.75. The fourth-order valence-corrected chi connectivity index (χ4v) is 3.74. The number of hydrazone groups is 1. The first-order valence-corrected chi connectivity index (χ1v) is 12.8. The predicted octanol–water partition coefficient (Wildman–Crippen LogP) is 6.02. The third-order valence-corrected chi connectivity index (χ3v) is 5.80. The van der Waals surface area contributed by atoms with Crippen molar-refractivity contribution < 1.29 is 22.7 Å². The van der Waals surface area contributed by atoms with Crippen molar-refractivity contribution in [2.24, 2.45) is 22.8 Å². The number of nitrogens with two attached hydrogens (primary N) is 1. The molecule has 2 N–H and O–H groups in total. The summed E-state index contributed by atoms with van der Waals surface area (Å²) >= 11 is 0. The number of amides is 1. The standard InChI is InChI=1S/C26H31F3N2O2.C2H6.CH4N2/c1-18(2)19(3)30-13-22(14-30)26(32)31(23-8-6-4-5-7-9-23)15-21-11-10-20(12-24(21)27)16-33-17-25(28)29;1-2;1-3-2/h4,6-12,18,22,25H,3,5,13-17H2,1-2H3;1-2H3;1-2H2. The largest absolute Gasteiger partial charge is 0.373 e. The number of carbonyl (C=O) groups excluding carboxylic acids is 1. The molecular formula is C29H41F3N4O2. The van der Waals surface area contributed by atoms with Crippen molar-refractivity contribution in [2.45, 2.75) is 53.7 Å². The van der Waals surface area contributed by atoms with Gasteiger partial charge < -0.3 is 20.4 Å². The van der Waals surface area contributed by atoms with Gasteiger partial charge in [-0.1, -0.05) is 64.6 Å². The Hall–Kier alpha value is -3.33. The van der Waals surface area contributed by atoms with Crippen LogP contribution in [0.1, 0.15) is 45.2 Å². The molecule has 38 heavy (non-hydrogen) atoms. The fraction of sp³-hybridized carbons (Fsp3) is 0.448. The van der Waals surface area contributed by atoms with Gasteiger partial charge in [0.25, 0.3) is 6.43 Å². The summed E-state index contributed by atoms with van der Waals surface area (Å²) in [6.07, 6.45) is 7.77. The van der Waals surface area contributed by atoms with E-state index in [1.165, 1.54) is 6.07 Å². The molecular weight excluding hydrogens is 493 g/mol. The number of hydrogen-bond acceptors (Lipinski definition) is 5. The van der Waals surface area contributed by atoms with Crippen LogP contribution in [0.25, 0.3) is 0 Å². The highest BCUT2D eigenvalue weighted by Gasteiger charge is 2.37. The van der Waals surface area contributed by atoms with Gasteiger partial charge in [0.2, 0.25) is 5.91 Å². The van der Waals surface area contributed by atoms with Crippen LogP contribution in [0.5, 0.6) is 0 Å². The van der Waals surface area contributed by atoms with Gasteiger partial charge in [-0.25, -0.2) is 13.2 Å². The first-order valence-electron chi connectivity index (χ1n) is 12.8. The van der Waals surface area contributed by atoms with Gasteiger partial charge in [-0.3, -0.25) is 4.79 Å². The molecule has 0 saturated carbocycles. The summed E-state index contributed by atoms with van der Waals surface area (Å²) in [5.41, 5.74) is 2.54. The Kier molecular flexibility index (Phi) is 14.8. The van der Waals surface area contributed by atoms with Crippen LogP contribution in [0.4, 0.5) is 13.2 Å². The maximum absolute atomic E-state index is 14.8. The summed E-state index contributed by atoms with van der Waals surface area (Å²) in [7, 11) is 0. The number of benzene rings is 1. The van der Waals surface area contributed by atoms with E-state index in [0.717, 1.165) is 12.1 Å². The number of nitrogens with zero attached hydrogens (tertiary/aromatic N) is 3. The molecule has 0 spiro atoms. The number of halogens is 3. The van der Waals surface area contributed by atoms with E-state index in [1.54, 1.807) is 17.0 Å². The first-order chi connectivity index (χ1) is 18.2. The van der Waals surface area contributed by atoms with Crippen LogP contribution >= 0.6 is 0 Å². The minimum atomic E-state index is -2.57. The lowest BCUT2D eigenvalue weighted by molar-refractivity contribution is -0.138. The SMILES string of the molecule is C=C(C(C)C)N1CC(C(=O)N(Cc2ccc(COCC(F)F)cc2F)C2=CC=CCC=C2)C1.C=NN.CC. The lowest BCUT2D eigenvalue weighted by Gasteiger charge is -2.44. The van der Waals surface area contributed by atoms with Gasteiger partial charge in [-0.15, -0.1) is 0 Å². The van der Waals surface area contributed by atoms with Gasteiger partial charge >= 0.3 is 0 Å². The van der Waals surface area contributed by atoms with Crippen LogP contribution in [0.3, 0.4) is 0 Å². The summed E-state index contributed by atoms with van der Waals surface area (Å²) in [6, 6.07) is 4.50.